The predicted molar refractivity (Wildman–Crippen MR) is 105 cm³/mol. The second-order valence-corrected chi connectivity index (χ2v) is 8.58. The minimum Gasteiger partial charge on any atom is -0.340 e. The lowest BCUT2D eigenvalue weighted by Gasteiger charge is -2.36. The van der Waals surface area contributed by atoms with Gasteiger partial charge in [0, 0.05) is 37.1 Å². The zero-order valence-electron chi connectivity index (χ0n) is 15.5. The Hall–Kier alpha value is -1.40. The molecule has 0 saturated carbocycles. The van der Waals surface area contributed by atoms with Gasteiger partial charge in [-0.1, -0.05) is 6.92 Å². The van der Waals surface area contributed by atoms with Crippen molar-refractivity contribution in [1.29, 1.82) is 0 Å². The second-order valence-electron chi connectivity index (χ2n) is 7.49. The third-order valence-corrected chi connectivity index (χ3v) is 6.81. The molecule has 1 fully saturated rings. The monoisotopic (exact) mass is 360 g/mol. The van der Waals surface area contributed by atoms with Crippen molar-refractivity contribution in [2.24, 2.45) is 0 Å². The van der Waals surface area contributed by atoms with E-state index < -0.39 is 0 Å². The lowest BCUT2D eigenvalue weighted by Crippen LogP contribution is -2.48. The molecule has 4 rings (SSSR count). The summed E-state index contributed by atoms with van der Waals surface area (Å²) in [6.07, 6.45) is 4.59. The largest absolute Gasteiger partial charge is 0.340 e. The molecule has 0 spiro atoms. The summed E-state index contributed by atoms with van der Waals surface area (Å²) in [5.74, 6) is 0.877. The van der Waals surface area contributed by atoms with Gasteiger partial charge in [-0.25, -0.2) is 4.98 Å². The van der Waals surface area contributed by atoms with E-state index in [2.05, 4.69) is 30.6 Å². The number of aryl methyl sites for hydroxylation is 2. The number of aromatic nitrogens is 2. The van der Waals surface area contributed by atoms with Gasteiger partial charge in [0.25, 0.3) is 5.56 Å². The molecule has 6 heteroatoms. The zero-order chi connectivity index (χ0) is 17.6. The van der Waals surface area contributed by atoms with E-state index in [1.165, 1.54) is 23.3 Å². The van der Waals surface area contributed by atoms with E-state index in [0.717, 1.165) is 61.7 Å². The lowest BCUT2D eigenvalue weighted by molar-refractivity contribution is 0.268. The fourth-order valence-electron chi connectivity index (χ4n) is 4.16. The van der Waals surface area contributed by atoms with Crippen molar-refractivity contribution < 1.29 is 0 Å². The summed E-state index contributed by atoms with van der Waals surface area (Å²) in [6, 6.07) is 0.128. The van der Waals surface area contributed by atoms with Crippen LogP contribution in [0.2, 0.25) is 0 Å². The molecule has 0 atom stereocenters. The molecule has 3 heterocycles. The summed E-state index contributed by atoms with van der Waals surface area (Å²) in [6.45, 7) is 11.5. The number of anilines is 1. The van der Waals surface area contributed by atoms with E-state index in [1.54, 1.807) is 11.3 Å². The first-order chi connectivity index (χ1) is 12.1. The van der Waals surface area contributed by atoms with Gasteiger partial charge < -0.3 is 9.80 Å². The number of nitrogens with zero attached hydrogens (tertiary/aromatic N) is 4. The van der Waals surface area contributed by atoms with Crippen LogP contribution in [0.1, 0.15) is 50.1 Å². The second kappa shape index (κ2) is 6.72. The zero-order valence-corrected chi connectivity index (χ0v) is 16.4. The van der Waals surface area contributed by atoms with E-state index in [0.29, 0.717) is 0 Å². The Bertz CT molecular complexity index is 830. The topological polar surface area (TPSA) is 41.4 Å². The number of piperazine rings is 1. The molecule has 2 aromatic heterocycles. The van der Waals surface area contributed by atoms with E-state index in [9.17, 15) is 4.79 Å². The molecule has 1 aliphatic heterocycles. The van der Waals surface area contributed by atoms with Crippen LogP contribution in [0.5, 0.6) is 0 Å². The molecule has 0 amide bonds. The van der Waals surface area contributed by atoms with Crippen LogP contribution in [-0.2, 0) is 12.8 Å². The van der Waals surface area contributed by atoms with Crippen molar-refractivity contribution in [2.45, 2.75) is 52.5 Å². The number of likely N-dealkylation sites (N-methyl/N-ethyl adjacent to an activating group) is 1. The van der Waals surface area contributed by atoms with Crippen molar-refractivity contribution in [1.82, 2.24) is 14.5 Å². The van der Waals surface area contributed by atoms with E-state index in [4.69, 9.17) is 4.98 Å². The summed E-state index contributed by atoms with van der Waals surface area (Å²) < 4.78 is 1.94. The van der Waals surface area contributed by atoms with Crippen molar-refractivity contribution >= 4 is 27.5 Å². The molecule has 2 aliphatic rings. The summed E-state index contributed by atoms with van der Waals surface area (Å²) >= 11 is 1.76. The van der Waals surface area contributed by atoms with Gasteiger partial charge >= 0.3 is 0 Å². The number of hydrogen-bond acceptors (Lipinski definition) is 5. The van der Waals surface area contributed by atoms with Crippen LogP contribution in [0.25, 0.3) is 10.2 Å². The van der Waals surface area contributed by atoms with Gasteiger partial charge in [-0.3, -0.25) is 9.36 Å². The van der Waals surface area contributed by atoms with Gasteiger partial charge in [0.05, 0.1) is 5.39 Å². The molecule has 5 nitrogen and oxygen atoms in total. The van der Waals surface area contributed by atoms with Gasteiger partial charge in [-0.05, 0) is 51.6 Å². The molecular formula is C19H28N4OS. The third-order valence-electron chi connectivity index (χ3n) is 5.62. The Morgan fingerprint density at radius 2 is 1.84 bits per heavy atom. The molecule has 0 radical (unpaired) electrons. The fourth-order valence-corrected chi connectivity index (χ4v) is 5.41. The SMILES string of the molecule is CCN1CCN(c2nc3sc4c(c3c(=O)n2C(C)C)CCCC4)CC1. The van der Waals surface area contributed by atoms with Crippen molar-refractivity contribution in [3.05, 3.63) is 20.8 Å². The number of fused-ring (bicyclic) bond motifs is 3. The molecule has 136 valence electrons. The summed E-state index contributed by atoms with van der Waals surface area (Å²) in [4.78, 5) is 25.5. The predicted octanol–water partition coefficient (Wildman–Crippen LogP) is 3.06. The summed E-state index contributed by atoms with van der Waals surface area (Å²) in [5, 5.41) is 0.907. The maximum Gasteiger partial charge on any atom is 0.264 e. The Morgan fingerprint density at radius 3 is 2.52 bits per heavy atom. The molecule has 0 unspecified atom stereocenters. The average Bonchev–Trinajstić information content (AvgIpc) is 3.00. The summed E-state index contributed by atoms with van der Waals surface area (Å²) in [7, 11) is 0. The van der Waals surface area contributed by atoms with Crippen LogP contribution < -0.4 is 10.5 Å². The first kappa shape index (κ1) is 17.0. The van der Waals surface area contributed by atoms with Crippen molar-refractivity contribution in [3.8, 4) is 0 Å². The maximum absolute atomic E-state index is 13.4. The molecule has 0 N–H and O–H groups in total. The number of rotatable bonds is 3. The molecule has 0 bridgehead atoms. The van der Waals surface area contributed by atoms with Crippen LogP contribution in [0.3, 0.4) is 0 Å². The Balaban J connectivity index is 1.84. The number of hydrogen-bond donors (Lipinski definition) is 0. The summed E-state index contributed by atoms with van der Waals surface area (Å²) in [5.41, 5.74) is 1.47. The lowest BCUT2D eigenvalue weighted by atomic mass is 9.97. The Kier molecular flexibility index (Phi) is 4.58. The van der Waals surface area contributed by atoms with Crippen LogP contribution in [-0.4, -0.2) is 47.2 Å². The third kappa shape index (κ3) is 2.89. The van der Waals surface area contributed by atoms with Crippen LogP contribution in [0.15, 0.2) is 4.79 Å². The fraction of sp³-hybridized carbons (Fsp3) is 0.684. The molecule has 2 aromatic rings. The number of thiophene rings is 1. The molecule has 1 aliphatic carbocycles. The van der Waals surface area contributed by atoms with E-state index in [1.807, 2.05) is 4.57 Å². The molecule has 0 aromatic carbocycles. The molecule has 1 saturated heterocycles. The Morgan fingerprint density at radius 1 is 1.12 bits per heavy atom. The van der Waals surface area contributed by atoms with Gasteiger partial charge in [-0.2, -0.15) is 0 Å². The van der Waals surface area contributed by atoms with Gasteiger partial charge in [-0.15, -0.1) is 11.3 Å². The first-order valence-corrected chi connectivity index (χ1v) is 10.5. The average molecular weight is 361 g/mol. The van der Waals surface area contributed by atoms with Gasteiger partial charge in [0.1, 0.15) is 4.83 Å². The van der Waals surface area contributed by atoms with Crippen LogP contribution in [0.4, 0.5) is 5.95 Å². The molecular weight excluding hydrogens is 332 g/mol. The van der Waals surface area contributed by atoms with Gasteiger partial charge in [0.15, 0.2) is 0 Å². The first-order valence-electron chi connectivity index (χ1n) is 9.64. The highest BCUT2D eigenvalue weighted by molar-refractivity contribution is 7.18. The highest BCUT2D eigenvalue weighted by Gasteiger charge is 2.26. The van der Waals surface area contributed by atoms with Crippen molar-refractivity contribution in [2.75, 3.05) is 37.6 Å². The van der Waals surface area contributed by atoms with Gasteiger partial charge in [0.2, 0.25) is 5.95 Å². The van der Waals surface area contributed by atoms with Crippen LogP contribution >= 0.6 is 11.3 Å². The molecule has 25 heavy (non-hydrogen) atoms. The Labute approximate surface area is 153 Å². The highest BCUT2D eigenvalue weighted by atomic mass is 32.1. The minimum atomic E-state index is 0.128. The van der Waals surface area contributed by atoms with E-state index >= 15 is 0 Å². The van der Waals surface area contributed by atoms with Crippen molar-refractivity contribution in [3.63, 3.8) is 0 Å². The highest BCUT2D eigenvalue weighted by Crippen LogP contribution is 2.35. The van der Waals surface area contributed by atoms with Crippen LogP contribution in [0, 0.1) is 0 Å². The van der Waals surface area contributed by atoms with E-state index in [-0.39, 0.29) is 11.6 Å². The smallest absolute Gasteiger partial charge is 0.264 e. The standard InChI is InChI=1S/C19H28N4OS/c1-4-21-9-11-22(12-10-21)19-20-17-16(18(24)23(19)13(2)3)14-7-5-6-8-15(14)25-17/h13H,4-12H2,1-3H3. The minimum absolute atomic E-state index is 0.128. The maximum atomic E-state index is 13.4. The quantitative estimate of drug-likeness (QED) is 0.844. The normalized spacial score (nSPS) is 19.0.